The fourth-order valence-electron chi connectivity index (χ4n) is 2.61. The van der Waals surface area contributed by atoms with Crippen LogP contribution >= 0.6 is 0 Å². The second-order valence-corrected chi connectivity index (χ2v) is 5.97. The predicted octanol–water partition coefficient (Wildman–Crippen LogP) is 1.25. The van der Waals surface area contributed by atoms with Crippen molar-refractivity contribution < 1.29 is 19.1 Å². The van der Waals surface area contributed by atoms with Crippen LogP contribution in [-0.4, -0.2) is 49.7 Å². The average Bonchev–Trinajstić information content (AvgIpc) is 2.41. The number of carbonyl (C=O) groups excluding carboxylic acids is 2. The fourth-order valence-corrected chi connectivity index (χ4v) is 2.61. The summed E-state index contributed by atoms with van der Waals surface area (Å²) in [6.07, 6.45) is 4.85. The van der Waals surface area contributed by atoms with E-state index in [4.69, 9.17) is 14.7 Å². The van der Waals surface area contributed by atoms with Gasteiger partial charge in [0, 0.05) is 19.4 Å². The van der Waals surface area contributed by atoms with Crippen LogP contribution < -0.4 is 0 Å². The quantitative estimate of drug-likeness (QED) is 0.713. The highest BCUT2D eigenvalue weighted by Crippen LogP contribution is 2.31. The number of nitrogens with zero attached hydrogens (tertiary/aromatic N) is 2. The maximum absolute atomic E-state index is 11.9. The molecule has 0 unspecified atom stereocenters. The van der Waals surface area contributed by atoms with E-state index in [9.17, 15) is 9.59 Å². The van der Waals surface area contributed by atoms with Gasteiger partial charge in [-0.25, -0.2) is 0 Å². The Bertz CT molecular complexity index is 426. The van der Waals surface area contributed by atoms with E-state index < -0.39 is 5.97 Å². The summed E-state index contributed by atoms with van der Waals surface area (Å²) in [4.78, 5) is 25.4. The van der Waals surface area contributed by atoms with E-state index in [0.717, 1.165) is 25.7 Å². The molecule has 0 aromatic heterocycles. The van der Waals surface area contributed by atoms with Crippen LogP contribution in [0.5, 0.6) is 0 Å². The largest absolute Gasteiger partial charge is 0.464 e. The molecule has 2 saturated heterocycles. The number of likely N-dealkylation sites (tertiary alicyclic amines) is 1. The minimum absolute atomic E-state index is 0.0162. The molecule has 0 N–H and O–H groups in total. The van der Waals surface area contributed by atoms with Crippen molar-refractivity contribution in [2.24, 2.45) is 5.41 Å². The van der Waals surface area contributed by atoms with Gasteiger partial charge >= 0.3 is 5.97 Å². The lowest BCUT2D eigenvalue weighted by atomic mass is 9.84. The molecule has 6 heteroatoms. The minimum Gasteiger partial charge on any atom is -0.464 e. The Hall–Kier alpha value is -1.61. The zero-order chi connectivity index (χ0) is 15.1. The lowest BCUT2D eigenvalue weighted by Crippen LogP contribution is -2.47. The van der Waals surface area contributed by atoms with E-state index in [1.807, 2.05) is 0 Å². The fraction of sp³-hybridized carbons (Fsp3) is 0.800. The molecule has 6 nitrogen and oxygen atoms in total. The van der Waals surface area contributed by atoms with Crippen molar-refractivity contribution in [1.29, 1.82) is 5.26 Å². The van der Waals surface area contributed by atoms with Gasteiger partial charge in [-0.2, -0.15) is 5.26 Å². The zero-order valence-electron chi connectivity index (χ0n) is 12.3. The maximum atomic E-state index is 11.9. The van der Waals surface area contributed by atoms with Crippen LogP contribution in [0.2, 0.25) is 0 Å². The van der Waals surface area contributed by atoms with Gasteiger partial charge in [-0.05, 0) is 12.8 Å². The molecule has 1 amide bonds. The SMILES string of the molecule is N#CCC1(COC(=O)CN2CCCCCCC2=O)COC1. The van der Waals surface area contributed by atoms with Crippen LogP contribution in [0.3, 0.4) is 0 Å². The summed E-state index contributed by atoms with van der Waals surface area (Å²) >= 11 is 0. The Morgan fingerprint density at radius 1 is 1.33 bits per heavy atom. The average molecular weight is 294 g/mol. The van der Waals surface area contributed by atoms with Crippen molar-refractivity contribution in [3.63, 3.8) is 0 Å². The lowest BCUT2D eigenvalue weighted by Gasteiger charge is -2.39. The molecule has 116 valence electrons. The van der Waals surface area contributed by atoms with Gasteiger partial charge in [-0.1, -0.05) is 12.8 Å². The molecule has 0 bridgehead atoms. The molecule has 0 saturated carbocycles. The van der Waals surface area contributed by atoms with Crippen LogP contribution in [0.1, 0.15) is 38.5 Å². The van der Waals surface area contributed by atoms with Crippen LogP contribution in [0.4, 0.5) is 0 Å². The Kier molecular flexibility index (Phi) is 5.57. The monoisotopic (exact) mass is 294 g/mol. The van der Waals surface area contributed by atoms with Crippen molar-refractivity contribution in [3.05, 3.63) is 0 Å². The number of carbonyl (C=O) groups is 2. The molecule has 2 rings (SSSR count). The molecular formula is C15H22N2O4. The summed E-state index contributed by atoms with van der Waals surface area (Å²) in [5, 5.41) is 8.79. The molecular weight excluding hydrogens is 272 g/mol. The van der Waals surface area contributed by atoms with E-state index in [1.165, 1.54) is 0 Å². The predicted molar refractivity (Wildman–Crippen MR) is 74.1 cm³/mol. The van der Waals surface area contributed by atoms with Gasteiger partial charge in [-0.3, -0.25) is 9.59 Å². The Balaban J connectivity index is 1.77. The first-order chi connectivity index (χ1) is 10.2. The van der Waals surface area contributed by atoms with Crippen LogP contribution in [0.25, 0.3) is 0 Å². The molecule has 2 aliphatic rings. The van der Waals surface area contributed by atoms with E-state index in [0.29, 0.717) is 32.6 Å². The van der Waals surface area contributed by atoms with E-state index in [1.54, 1.807) is 4.90 Å². The molecule has 0 spiro atoms. The number of nitriles is 1. The van der Waals surface area contributed by atoms with E-state index in [2.05, 4.69) is 6.07 Å². The molecule has 21 heavy (non-hydrogen) atoms. The number of hydrogen-bond donors (Lipinski definition) is 0. The number of esters is 1. The van der Waals surface area contributed by atoms with E-state index in [-0.39, 0.29) is 24.5 Å². The summed E-state index contributed by atoms with van der Waals surface area (Å²) in [7, 11) is 0. The highest BCUT2D eigenvalue weighted by Gasteiger charge is 2.40. The molecule has 0 radical (unpaired) electrons. The first kappa shape index (κ1) is 15.8. The molecule has 2 aliphatic heterocycles. The maximum Gasteiger partial charge on any atom is 0.325 e. The summed E-state index contributed by atoms with van der Waals surface area (Å²) in [5.74, 6) is -0.362. The third kappa shape index (κ3) is 4.43. The molecule has 0 aromatic rings. The standard InChI is InChI=1S/C15H22N2O4/c16-7-6-15(10-20-11-15)12-21-14(19)9-17-8-4-2-1-3-5-13(17)18/h1-6,8-12H2. The first-order valence-corrected chi connectivity index (χ1v) is 7.53. The van der Waals surface area contributed by atoms with Gasteiger partial charge in [-0.15, -0.1) is 0 Å². The zero-order valence-corrected chi connectivity index (χ0v) is 12.3. The first-order valence-electron chi connectivity index (χ1n) is 7.53. The van der Waals surface area contributed by atoms with Gasteiger partial charge in [0.1, 0.15) is 13.2 Å². The summed E-state index contributed by atoms with van der Waals surface area (Å²) < 4.78 is 10.4. The second kappa shape index (κ2) is 7.41. The summed E-state index contributed by atoms with van der Waals surface area (Å²) in [6, 6.07) is 2.10. The number of amides is 1. The molecule has 2 heterocycles. The summed E-state index contributed by atoms with van der Waals surface area (Å²) in [5.41, 5.74) is -0.343. The third-order valence-corrected chi connectivity index (χ3v) is 4.05. The van der Waals surface area contributed by atoms with Gasteiger partial charge in [0.2, 0.25) is 5.91 Å². The topological polar surface area (TPSA) is 79.6 Å². The Morgan fingerprint density at radius 3 is 2.76 bits per heavy atom. The molecule has 0 aromatic carbocycles. The molecule has 2 fully saturated rings. The smallest absolute Gasteiger partial charge is 0.325 e. The van der Waals surface area contributed by atoms with Gasteiger partial charge in [0.15, 0.2) is 0 Å². The number of rotatable bonds is 5. The third-order valence-electron chi connectivity index (χ3n) is 4.05. The number of hydrogen-bond acceptors (Lipinski definition) is 5. The molecule has 0 atom stereocenters. The normalized spacial score (nSPS) is 21.7. The van der Waals surface area contributed by atoms with Crippen molar-refractivity contribution in [2.45, 2.75) is 38.5 Å². The van der Waals surface area contributed by atoms with Crippen LogP contribution in [0.15, 0.2) is 0 Å². The van der Waals surface area contributed by atoms with Gasteiger partial charge in [0.05, 0.1) is 24.7 Å². The highest BCUT2D eigenvalue weighted by molar-refractivity contribution is 5.82. The van der Waals surface area contributed by atoms with Gasteiger partial charge in [0.25, 0.3) is 0 Å². The van der Waals surface area contributed by atoms with E-state index >= 15 is 0 Å². The van der Waals surface area contributed by atoms with Crippen molar-refractivity contribution in [2.75, 3.05) is 32.9 Å². The van der Waals surface area contributed by atoms with Crippen molar-refractivity contribution in [3.8, 4) is 6.07 Å². The Morgan fingerprint density at radius 2 is 2.10 bits per heavy atom. The number of ether oxygens (including phenoxy) is 2. The van der Waals surface area contributed by atoms with Crippen LogP contribution in [0, 0.1) is 16.7 Å². The summed E-state index contributed by atoms with van der Waals surface area (Å²) in [6.45, 7) is 1.75. The Labute approximate surface area is 125 Å². The van der Waals surface area contributed by atoms with Crippen molar-refractivity contribution >= 4 is 11.9 Å². The minimum atomic E-state index is -0.395. The highest BCUT2D eigenvalue weighted by atomic mass is 16.5. The van der Waals surface area contributed by atoms with Gasteiger partial charge < -0.3 is 14.4 Å². The lowest BCUT2D eigenvalue weighted by molar-refractivity contribution is -0.170. The second-order valence-electron chi connectivity index (χ2n) is 5.97. The van der Waals surface area contributed by atoms with Crippen LogP contribution in [-0.2, 0) is 19.1 Å². The molecule has 0 aliphatic carbocycles. The van der Waals surface area contributed by atoms with Crippen molar-refractivity contribution in [1.82, 2.24) is 4.90 Å².